The summed E-state index contributed by atoms with van der Waals surface area (Å²) in [6.45, 7) is 4.14. The highest BCUT2D eigenvalue weighted by atomic mass is 35.5. The first-order valence-corrected chi connectivity index (χ1v) is 9.61. The maximum atomic E-state index is 12.5. The molecule has 0 radical (unpaired) electrons. The van der Waals surface area contributed by atoms with Gasteiger partial charge in [-0.2, -0.15) is 0 Å². The summed E-state index contributed by atoms with van der Waals surface area (Å²) >= 11 is 5.98. The molecule has 1 fully saturated rings. The minimum absolute atomic E-state index is 0.154. The van der Waals surface area contributed by atoms with E-state index < -0.39 is 6.10 Å². The Bertz CT molecular complexity index is 727. The summed E-state index contributed by atoms with van der Waals surface area (Å²) in [6.07, 6.45) is 3.82. The molecule has 2 aromatic rings. The predicted octanol–water partition coefficient (Wildman–Crippen LogP) is 5.13. The van der Waals surface area contributed by atoms with Crippen LogP contribution in [-0.4, -0.2) is 25.1 Å². The number of hydrogen-bond donors (Lipinski definition) is 1. The van der Waals surface area contributed by atoms with Crippen LogP contribution in [0.25, 0.3) is 0 Å². The Balaban J connectivity index is 1.60. The fourth-order valence-corrected chi connectivity index (χ4v) is 3.34. The number of nitrogens with zero attached hydrogens (tertiary/aromatic N) is 1. The lowest BCUT2D eigenvalue weighted by Crippen LogP contribution is -2.32. The van der Waals surface area contributed by atoms with Crippen LogP contribution in [0.15, 0.2) is 48.5 Å². The lowest BCUT2D eigenvalue weighted by atomic mass is 10.1. The number of rotatable bonds is 6. The molecule has 0 spiro atoms. The first-order valence-electron chi connectivity index (χ1n) is 9.24. The molecule has 1 aliphatic rings. The molecule has 26 heavy (non-hydrogen) atoms. The monoisotopic (exact) mass is 372 g/mol. The van der Waals surface area contributed by atoms with Crippen molar-refractivity contribution in [3.63, 3.8) is 0 Å². The van der Waals surface area contributed by atoms with Gasteiger partial charge in [-0.15, -0.1) is 0 Å². The first kappa shape index (κ1) is 18.6. The molecule has 1 heterocycles. The molecule has 0 unspecified atom stereocenters. The van der Waals surface area contributed by atoms with Crippen molar-refractivity contribution >= 4 is 28.9 Å². The van der Waals surface area contributed by atoms with Crippen molar-refractivity contribution in [2.24, 2.45) is 0 Å². The van der Waals surface area contributed by atoms with Gasteiger partial charge >= 0.3 is 0 Å². The Morgan fingerprint density at radius 2 is 1.88 bits per heavy atom. The van der Waals surface area contributed by atoms with E-state index in [0.29, 0.717) is 17.2 Å². The minimum atomic E-state index is -0.560. The Kier molecular flexibility index (Phi) is 6.40. The van der Waals surface area contributed by atoms with Gasteiger partial charge in [0.1, 0.15) is 5.75 Å². The maximum Gasteiger partial charge on any atom is 0.265 e. The van der Waals surface area contributed by atoms with E-state index in [1.165, 1.54) is 24.9 Å². The van der Waals surface area contributed by atoms with Crippen LogP contribution < -0.4 is 15.0 Å². The topological polar surface area (TPSA) is 41.6 Å². The van der Waals surface area contributed by atoms with Crippen LogP contribution >= 0.6 is 11.6 Å². The van der Waals surface area contributed by atoms with Crippen LogP contribution in [0.5, 0.6) is 5.75 Å². The highest BCUT2D eigenvalue weighted by Gasteiger charge is 2.19. The quantitative estimate of drug-likeness (QED) is 0.764. The van der Waals surface area contributed by atoms with Crippen LogP contribution in [0.3, 0.4) is 0 Å². The number of carbonyl (C=O) groups excluding carboxylic acids is 1. The van der Waals surface area contributed by atoms with Crippen molar-refractivity contribution in [2.75, 3.05) is 23.3 Å². The van der Waals surface area contributed by atoms with E-state index in [2.05, 4.69) is 22.3 Å². The maximum absolute atomic E-state index is 12.5. The number of ether oxygens (including phenoxy) is 1. The van der Waals surface area contributed by atoms with Crippen LogP contribution in [0.2, 0.25) is 5.02 Å². The zero-order chi connectivity index (χ0) is 18.4. The van der Waals surface area contributed by atoms with Gasteiger partial charge in [0.25, 0.3) is 5.91 Å². The van der Waals surface area contributed by atoms with Crippen LogP contribution in [-0.2, 0) is 4.79 Å². The number of piperidine rings is 1. The second kappa shape index (κ2) is 8.95. The minimum Gasteiger partial charge on any atom is -0.481 e. The molecule has 0 aromatic heterocycles. The second-order valence-electron chi connectivity index (χ2n) is 6.56. The third-order valence-corrected chi connectivity index (χ3v) is 4.83. The van der Waals surface area contributed by atoms with Crippen molar-refractivity contribution in [1.82, 2.24) is 0 Å². The number of halogens is 1. The number of benzene rings is 2. The fraction of sp³-hybridized carbons (Fsp3) is 0.381. The highest BCUT2D eigenvalue weighted by Crippen LogP contribution is 2.23. The summed E-state index contributed by atoms with van der Waals surface area (Å²) in [5, 5.41) is 3.53. The third kappa shape index (κ3) is 4.92. The SMILES string of the molecule is CC[C@H](Oc1cccc(Cl)c1)C(=O)Nc1ccc(N2CCCCC2)cc1. The van der Waals surface area contributed by atoms with Gasteiger partial charge in [0.15, 0.2) is 6.10 Å². The molecule has 1 atom stereocenters. The molecule has 5 heteroatoms. The number of hydrogen-bond acceptors (Lipinski definition) is 3. The summed E-state index contributed by atoms with van der Waals surface area (Å²) in [5.41, 5.74) is 1.99. The van der Waals surface area contributed by atoms with Crippen LogP contribution in [0.4, 0.5) is 11.4 Å². The molecular weight excluding hydrogens is 348 g/mol. The average molecular weight is 373 g/mol. The summed E-state index contributed by atoms with van der Waals surface area (Å²) in [7, 11) is 0. The lowest BCUT2D eigenvalue weighted by molar-refractivity contribution is -0.122. The van der Waals surface area contributed by atoms with Crippen molar-refractivity contribution in [2.45, 2.75) is 38.7 Å². The molecule has 1 N–H and O–H groups in total. The summed E-state index contributed by atoms with van der Waals surface area (Å²) in [4.78, 5) is 14.9. The van der Waals surface area contributed by atoms with E-state index in [-0.39, 0.29) is 5.91 Å². The molecule has 2 aromatic carbocycles. The van der Waals surface area contributed by atoms with Gasteiger partial charge in [-0.1, -0.05) is 24.6 Å². The first-order chi connectivity index (χ1) is 12.7. The summed E-state index contributed by atoms with van der Waals surface area (Å²) in [6, 6.07) is 15.1. The molecular formula is C21H25ClN2O2. The normalized spacial score (nSPS) is 15.4. The molecule has 4 nitrogen and oxygen atoms in total. The fourth-order valence-electron chi connectivity index (χ4n) is 3.16. The van der Waals surface area contributed by atoms with Gasteiger partial charge in [0, 0.05) is 29.5 Å². The van der Waals surface area contributed by atoms with Crippen molar-refractivity contribution in [3.8, 4) is 5.75 Å². The highest BCUT2D eigenvalue weighted by molar-refractivity contribution is 6.30. The Labute approximate surface area is 160 Å². The van der Waals surface area contributed by atoms with Crippen molar-refractivity contribution in [3.05, 3.63) is 53.6 Å². The number of anilines is 2. The number of carbonyl (C=O) groups is 1. The second-order valence-corrected chi connectivity index (χ2v) is 6.99. The van der Waals surface area contributed by atoms with Gasteiger partial charge in [-0.25, -0.2) is 0 Å². The molecule has 3 rings (SSSR count). The van der Waals surface area contributed by atoms with E-state index in [1.54, 1.807) is 18.2 Å². The molecule has 1 amide bonds. The van der Waals surface area contributed by atoms with Crippen molar-refractivity contribution in [1.29, 1.82) is 0 Å². The van der Waals surface area contributed by atoms with E-state index in [0.717, 1.165) is 18.8 Å². The molecule has 1 aliphatic heterocycles. The van der Waals surface area contributed by atoms with Crippen molar-refractivity contribution < 1.29 is 9.53 Å². The largest absolute Gasteiger partial charge is 0.481 e. The van der Waals surface area contributed by atoms with E-state index in [1.807, 2.05) is 25.1 Å². The van der Waals surface area contributed by atoms with E-state index in [4.69, 9.17) is 16.3 Å². The van der Waals surface area contributed by atoms with E-state index >= 15 is 0 Å². The van der Waals surface area contributed by atoms with Crippen LogP contribution in [0.1, 0.15) is 32.6 Å². The summed E-state index contributed by atoms with van der Waals surface area (Å²) in [5.74, 6) is 0.443. The van der Waals surface area contributed by atoms with E-state index in [9.17, 15) is 4.79 Å². The molecule has 0 saturated carbocycles. The molecule has 0 bridgehead atoms. The zero-order valence-electron chi connectivity index (χ0n) is 15.1. The van der Waals surface area contributed by atoms with Gasteiger partial charge < -0.3 is 15.0 Å². The predicted molar refractivity (Wildman–Crippen MR) is 107 cm³/mol. The van der Waals surface area contributed by atoms with Gasteiger partial charge in [-0.05, 0) is 68.1 Å². The standard InChI is InChI=1S/C21H25ClN2O2/c1-2-20(26-19-8-6-7-16(22)15-19)21(25)23-17-9-11-18(12-10-17)24-13-4-3-5-14-24/h6-12,15,20H,2-5,13-14H2,1H3,(H,23,25)/t20-/m0/s1. The van der Waals surface area contributed by atoms with Crippen LogP contribution in [0, 0.1) is 0 Å². The van der Waals surface area contributed by atoms with Gasteiger partial charge in [-0.3, -0.25) is 4.79 Å². The van der Waals surface area contributed by atoms with Gasteiger partial charge in [0.05, 0.1) is 0 Å². The smallest absolute Gasteiger partial charge is 0.265 e. The Morgan fingerprint density at radius 3 is 2.54 bits per heavy atom. The van der Waals surface area contributed by atoms with Gasteiger partial charge in [0.2, 0.25) is 0 Å². The Morgan fingerprint density at radius 1 is 1.15 bits per heavy atom. The number of amides is 1. The summed E-state index contributed by atoms with van der Waals surface area (Å²) < 4.78 is 5.79. The number of nitrogens with one attached hydrogen (secondary N) is 1. The zero-order valence-corrected chi connectivity index (χ0v) is 15.8. The Hall–Kier alpha value is -2.20. The molecule has 1 saturated heterocycles. The lowest BCUT2D eigenvalue weighted by Gasteiger charge is -2.28. The molecule has 0 aliphatic carbocycles. The average Bonchev–Trinajstić information content (AvgIpc) is 2.67. The third-order valence-electron chi connectivity index (χ3n) is 4.59. The molecule has 138 valence electrons.